The molecule has 0 bridgehead atoms. The van der Waals surface area contributed by atoms with Crippen LogP contribution in [0.3, 0.4) is 0 Å². The van der Waals surface area contributed by atoms with Gasteiger partial charge in [0, 0.05) is 21.1 Å². The second-order valence-corrected chi connectivity index (χ2v) is 15.8. The molecule has 0 aliphatic heterocycles. The predicted molar refractivity (Wildman–Crippen MR) is 245 cm³/mol. The molecule has 7 rings (SSSR count). The number of nitrogen functional groups attached to an aromatic ring is 1. The zero-order valence-corrected chi connectivity index (χ0v) is 37.1. The lowest BCUT2D eigenvalue weighted by molar-refractivity contribution is -0.147. The molecule has 312 valence electrons. The normalized spacial score (nSPS) is 10.4. The minimum atomic E-state index is -1.49. The van der Waals surface area contributed by atoms with Gasteiger partial charge in [-0.3, -0.25) is 14.4 Å². The summed E-state index contributed by atoms with van der Waals surface area (Å²) in [4.78, 5) is 40.9. The number of hydrogen-bond acceptors (Lipinski definition) is 9. The molecule has 18 heteroatoms. The lowest BCUT2D eigenvalue weighted by Gasteiger charge is -2.17. The van der Waals surface area contributed by atoms with Crippen molar-refractivity contribution in [2.24, 2.45) is 0 Å². The van der Waals surface area contributed by atoms with Crippen molar-refractivity contribution in [2.75, 3.05) is 5.73 Å². The molecule has 0 saturated heterocycles. The van der Waals surface area contributed by atoms with Crippen molar-refractivity contribution < 1.29 is 24.2 Å². The number of aromatic nitrogens is 1. The molecule has 0 aliphatic rings. The van der Waals surface area contributed by atoms with E-state index in [0.29, 0.717) is 38.3 Å². The predicted octanol–water partition coefficient (Wildman–Crippen LogP) is 13.1. The van der Waals surface area contributed by atoms with Crippen LogP contribution in [0.5, 0.6) is 17.2 Å². The number of hydrogen-bond donors (Lipinski definition) is 3. The number of fused-ring (bicyclic) bond motifs is 1. The molecule has 0 spiro atoms. The molecule has 4 N–H and O–H groups in total. The average molecular weight is 988 g/mol. The molecule has 6 aromatic carbocycles. The molecule has 62 heavy (non-hydrogen) atoms. The minimum Gasteiger partial charge on any atom is -0.506 e. The third-order valence-corrected chi connectivity index (χ3v) is 10.5. The van der Waals surface area contributed by atoms with E-state index in [2.05, 4.69) is 4.98 Å². The fourth-order valence-corrected chi connectivity index (χ4v) is 7.69. The molecule has 0 saturated carbocycles. The summed E-state index contributed by atoms with van der Waals surface area (Å²) in [7, 11) is 0. The van der Waals surface area contributed by atoms with Gasteiger partial charge in [0.05, 0.1) is 52.3 Å². The standard InChI is InChI=1S/C21H10Cl6O4.C16H9ClN2O2.C7H5ClN2/c22-11-6-13(24)18(14(25)7-11)30-20(28)17(10-4-2-1-3-5-10)21(29)31-19-15(26)8-12(23)9-16(19)27;17-12-7-13-11(6-10(12)8-18)15(20)14(16(21)19-13)9-4-2-1-3-5-9;8-7-3-6(10)2-1-5(7)4-9/h1-9,17H;1-7H,(H2,19,20,21);1-3H,10H2. The number of ether oxygens (including phenoxy) is 2. The Hall–Kier alpha value is -5.63. The van der Waals surface area contributed by atoms with Crippen LogP contribution in [-0.4, -0.2) is 22.0 Å². The van der Waals surface area contributed by atoms with Crippen molar-refractivity contribution >= 4 is 121 Å². The van der Waals surface area contributed by atoms with Gasteiger partial charge in [0.1, 0.15) is 17.9 Å². The van der Waals surface area contributed by atoms with Gasteiger partial charge in [0.25, 0.3) is 5.56 Å². The minimum absolute atomic E-state index is 0.00480. The SMILES string of the molecule is N#Cc1cc2c(O)c(-c3ccccc3)c(=O)[nH]c2cc1Cl.N#Cc1ccc(N)cc1Cl.O=C(Oc1c(Cl)cc(Cl)cc1Cl)C(C(=O)Oc1c(Cl)cc(Cl)cc1Cl)c1ccccc1. The number of nitrogens with two attached hydrogens (primary N) is 1. The van der Waals surface area contributed by atoms with E-state index in [0.717, 1.165) is 0 Å². The number of rotatable bonds is 6. The van der Waals surface area contributed by atoms with Crippen LogP contribution in [0, 0.1) is 22.7 Å². The number of nitriles is 2. The van der Waals surface area contributed by atoms with Gasteiger partial charge in [-0.25, -0.2) is 0 Å². The second-order valence-electron chi connectivity index (χ2n) is 12.5. The maximum Gasteiger partial charge on any atom is 0.330 e. The van der Waals surface area contributed by atoms with Crippen molar-refractivity contribution in [3.8, 4) is 40.5 Å². The van der Waals surface area contributed by atoms with Gasteiger partial charge in [-0.1, -0.05) is 153 Å². The van der Waals surface area contributed by atoms with Crippen molar-refractivity contribution in [1.82, 2.24) is 4.98 Å². The highest BCUT2D eigenvalue weighted by molar-refractivity contribution is 6.41. The Balaban J connectivity index is 0.000000200. The van der Waals surface area contributed by atoms with Crippen molar-refractivity contribution in [2.45, 2.75) is 5.92 Å². The Kier molecular flexibility index (Phi) is 16.4. The molecule has 0 atom stereocenters. The Morgan fingerprint density at radius 2 is 1.08 bits per heavy atom. The van der Waals surface area contributed by atoms with E-state index in [-0.39, 0.29) is 63.5 Å². The number of halogens is 8. The van der Waals surface area contributed by atoms with Gasteiger partial charge in [0.15, 0.2) is 17.4 Å². The zero-order valence-electron chi connectivity index (χ0n) is 31.0. The maximum atomic E-state index is 13.0. The molecule has 0 unspecified atom stereocenters. The van der Waals surface area contributed by atoms with Crippen LogP contribution >= 0.6 is 92.8 Å². The van der Waals surface area contributed by atoms with Gasteiger partial charge in [-0.2, -0.15) is 10.5 Å². The van der Waals surface area contributed by atoms with Gasteiger partial charge >= 0.3 is 11.9 Å². The van der Waals surface area contributed by atoms with Crippen LogP contribution in [-0.2, 0) is 9.59 Å². The Bertz CT molecular complexity index is 2860. The van der Waals surface area contributed by atoms with Crippen LogP contribution in [0.4, 0.5) is 5.69 Å². The smallest absolute Gasteiger partial charge is 0.330 e. The lowest BCUT2D eigenvalue weighted by Crippen LogP contribution is -2.30. The number of aromatic hydroxyl groups is 1. The number of aromatic amines is 1. The monoisotopic (exact) mass is 984 g/mol. The number of carbonyl (C=O) groups excluding carboxylic acids is 2. The highest BCUT2D eigenvalue weighted by Crippen LogP contribution is 2.39. The summed E-state index contributed by atoms with van der Waals surface area (Å²) >= 11 is 47.7. The third-order valence-electron chi connectivity index (χ3n) is 8.31. The summed E-state index contributed by atoms with van der Waals surface area (Å²) in [5.41, 5.74) is 7.72. The van der Waals surface area contributed by atoms with E-state index in [1.807, 2.05) is 18.2 Å². The first-order chi connectivity index (χ1) is 29.5. The molecule has 0 amide bonds. The number of nitrogens with one attached hydrogen (secondary N) is 1. The second kappa shape index (κ2) is 21.4. The van der Waals surface area contributed by atoms with E-state index < -0.39 is 23.4 Å². The number of anilines is 1. The quantitative estimate of drug-likeness (QED) is 0.0633. The number of benzene rings is 6. The van der Waals surface area contributed by atoms with Crippen LogP contribution in [0.1, 0.15) is 22.6 Å². The Labute approximate surface area is 393 Å². The molecule has 7 aromatic rings. The molecule has 0 fully saturated rings. The van der Waals surface area contributed by atoms with Crippen LogP contribution in [0.15, 0.2) is 120 Å². The largest absolute Gasteiger partial charge is 0.506 e. The van der Waals surface area contributed by atoms with E-state index in [9.17, 15) is 19.5 Å². The summed E-state index contributed by atoms with van der Waals surface area (Å²) in [6, 6.07) is 34.0. The molecular weight excluding hydrogens is 964 g/mol. The third kappa shape index (κ3) is 11.6. The lowest BCUT2D eigenvalue weighted by atomic mass is 9.99. The molecule has 10 nitrogen and oxygen atoms in total. The molecule has 0 radical (unpaired) electrons. The molecule has 1 heterocycles. The van der Waals surface area contributed by atoms with Crippen LogP contribution < -0.4 is 20.8 Å². The van der Waals surface area contributed by atoms with Gasteiger partial charge in [-0.15, -0.1) is 0 Å². The van der Waals surface area contributed by atoms with E-state index >= 15 is 0 Å². The highest BCUT2D eigenvalue weighted by Gasteiger charge is 2.34. The van der Waals surface area contributed by atoms with E-state index in [4.69, 9.17) is 119 Å². The first-order valence-corrected chi connectivity index (χ1v) is 20.3. The average Bonchev–Trinajstić information content (AvgIpc) is 3.22. The van der Waals surface area contributed by atoms with E-state index in [1.165, 1.54) is 36.4 Å². The van der Waals surface area contributed by atoms with Crippen molar-refractivity contribution in [3.63, 3.8) is 0 Å². The maximum absolute atomic E-state index is 13.0. The van der Waals surface area contributed by atoms with Crippen LogP contribution in [0.2, 0.25) is 40.2 Å². The van der Waals surface area contributed by atoms with Crippen LogP contribution in [0.25, 0.3) is 22.0 Å². The number of pyridine rings is 1. The first kappa shape index (κ1) is 47.4. The van der Waals surface area contributed by atoms with Crippen molar-refractivity contribution in [1.29, 1.82) is 10.5 Å². The number of esters is 2. The number of nitrogens with zero attached hydrogens (tertiary/aromatic N) is 2. The highest BCUT2D eigenvalue weighted by atomic mass is 35.5. The summed E-state index contributed by atoms with van der Waals surface area (Å²) in [5.74, 6) is -3.91. The first-order valence-electron chi connectivity index (χ1n) is 17.3. The number of carbonyl (C=O) groups is 2. The van der Waals surface area contributed by atoms with Gasteiger partial charge in [0.2, 0.25) is 0 Å². The summed E-state index contributed by atoms with van der Waals surface area (Å²) in [6.07, 6.45) is 0. The summed E-state index contributed by atoms with van der Waals surface area (Å²) in [5, 5.41) is 29.4. The van der Waals surface area contributed by atoms with Gasteiger partial charge in [-0.05, 0) is 65.7 Å². The van der Waals surface area contributed by atoms with Crippen molar-refractivity contribution in [3.05, 3.63) is 182 Å². The summed E-state index contributed by atoms with van der Waals surface area (Å²) in [6.45, 7) is 0. The Morgan fingerprint density at radius 3 is 1.55 bits per heavy atom. The van der Waals surface area contributed by atoms with Gasteiger partial charge < -0.3 is 25.3 Å². The zero-order chi connectivity index (χ0) is 45.2. The number of H-pyrrole nitrogens is 1. The topological polar surface area (TPSA) is 179 Å². The molecular formula is C44H24Cl8N4O6. The Morgan fingerprint density at radius 1 is 0.613 bits per heavy atom. The molecule has 0 aliphatic carbocycles. The fraction of sp³-hybridized carbons (Fsp3) is 0.0227. The fourth-order valence-electron chi connectivity index (χ4n) is 5.47. The molecule has 1 aromatic heterocycles. The van der Waals surface area contributed by atoms with E-state index in [1.54, 1.807) is 72.8 Å². The summed E-state index contributed by atoms with van der Waals surface area (Å²) < 4.78 is 10.7.